The first-order valence-corrected chi connectivity index (χ1v) is 20.0. The van der Waals surface area contributed by atoms with Crippen LogP contribution in [-0.2, 0) is 37.7 Å². The van der Waals surface area contributed by atoms with E-state index >= 15 is 0 Å². The third-order valence-corrected chi connectivity index (χ3v) is 12.5. The van der Waals surface area contributed by atoms with E-state index in [4.69, 9.17) is 9.97 Å². The molecule has 4 aromatic carbocycles. The number of carbonyl (C=O) groups is 1. The fraction of sp³-hybridized carbons (Fsp3) is 0.468. The number of hydrogen-bond acceptors (Lipinski definition) is 5. The average molecular weight is 908 g/mol. The van der Waals surface area contributed by atoms with Gasteiger partial charge in [-0.25, -0.2) is 4.98 Å². The number of hydrogen-bond donors (Lipinski definition) is 1. The second-order valence-corrected chi connectivity index (χ2v) is 18.7. The summed E-state index contributed by atoms with van der Waals surface area (Å²) in [5.74, 6) is 0.286. The van der Waals surface area contributed by atoms with E-state index in [9.17, 15) is 9.90 Å². The molecule has 0 aliphatic carbocycles. The van der Waals surface area contributed by atoms with Crippen LogP contribution in [0.2, 0.25) is 0 Å². The van der Waals surface area contributed by atoms with Crippen LogP contribution >= 0.6 is 11.8 Å². The molecule has 0 saturated carbocycles. The zero-order valence-electron chi connectivity index (χ0n) is 34.0. The Labute approximate surface area is 336 Å². The van der Waals surface area contributed by atoms with E-state index in [1.165, 1.54) is 48.5 Å². The molecule has 6 rings (SSSR count). The van der Waals surface area contributed by atoms with Crippen molar-refractivity contribution in [3.8, 4) is 11.3 Å². The number of aliphatic hydroxyl groups is 1. The van der Waals surface area contributed by atoms with Crippen LogP contribution in [0, 0.1) is 27.7 Å². The summed E-state index contributed by atoms with van der Waals surface area (Å²) in [7, 11) is 0. The van der Waals surface area contributed by atoms with Gasteiger partial charge in [0.25, 0.3) is 0 Å². The molecule has 0 fully saturated rings. The summed E-state index contributed by atoms with van der Waals surface area (Å²) in [5.41, 5.74) is 5.77. The number of aliphatic hydroxyl groups excluding tert-OH is 1. The molecule has 0 bridgehead atoms. The van der Waals surface area contributed by atoms with Gasteiger partial charge in [-0.05, 0) is 71.3 Å². The number of fused-ring (bicyclic) bond motifs is 5. The summed E-state index contributed by atoms with van der Waals surface area (Å²) < 4.78 is 0. The minimum atomic E-state index is -0.337. The van der Waals surface area contributed by atoms with Gasteiger partial charge in [-0.1, -0.05) is 136 Å². The Morgan fingerprint density at radius 1 is 0.774 bits per heavy atom. The molecule has 5 aromatic rings. The Kier molecular flexibility index (Phi) is 13.2. The molecule has 0 unspecified atom stereocenters. The van der Waals surface area contributed by atoms with Gasteiger partial charge in [0.1, 0.15) is 12.1 Å². The summed E-state index contributed by atoms with van der Waals surface area (Å²) in [6.45, 7) is 26.0. The number of aromatic nitrogens is 2. The van der Waals surface area contributed by atoms with Gasteiger partial charge in [0, 0.05) is 58.4 Å². The molecular weight excluding hydrogens is 849 g/mol. The minimum absolute atomic E-state index is 0. The molecule has 2 heterocycles. The largest absolute Gasteiger partial charge is 0.512 e. The van der Waals surface area contributed by atoms with E-state index in [2.05, 4.69) is 96.1 Å². The molecule has 1 aromatic heterocycles. The van der Waals surface area contributed by atoms with Crippen molar-refractivity contribution < 1.29 is 30.0 Å². The Hall–Kier alpha value is -3.05. The van der Waals surface area contributed by atoms with Crippen molar-refractivity contribution in [1.82, 2.24) is 9.97 Å². The van der Waals surface area contributed by atoms with Crippen molar-refractivity contribution in [2.45, 2.75) is 131 Å². The Morgan fingerprint density at radius 3 is 1.98 bits per heavy atom. The zero-order valence-corrected chi connectivity index (χ0v) is 37.2. The molecule has 1 aliphatic rings. The maximum Gasteiger partial charge on any atom is 0.164 e. The molecule has 0 atom stereocenters. The molecule has 1 aliphatic heterocycles. The monoisotopic (exact) mass is 908 g/mol. The topological polar surface area (TPSA) is 63.1 Å². The van der Waals surface area contributed by atoms with E-state index in [1.807, 2.05) is 53.3 Å². The van der Waals surface area contributed by atoms with Crippen molar-refractivity contribution in [3.63, 3.8) is 0 Å². The standard InChI is InChI=1S/C32H31N2S.C15H28O2.Ir/c1-31(2,3)16-20-11-9-13-22-23(20)15-26-27-28(22)33-18-34-29(27)24-14-19-10-7-8-12-21(19)25(30(24)35-26)17-32(4,5)6;1-7-14(5,8-2)12(16)11-13(17)15(6,9-3)10-4;/h7-13,15,18H,16-17H2,1-6H3;11,16H,7-10H2,1-6H3;/q-1;;/b;12-11-;. The quantitative estimate of drug-likeness (QED) is 0.0678. The molecule has 0 saturated heterocycles. The first kappa shape index (κ1) is 42.7. The molecule has 285 valence electrons. The molecule has 1 radical (unpaired) electrons. The average Bonchev–Trinajstić information content (AvgIpc) is 3.10. The number of benzene rings is 4. The van der Waals surface area contributed by atoms with E-state index in [0.29, 0.717) is 0 Å². The van der Waals surface area contributed by atoms with Crippen molar-refractivity contribution in [2.75, 3.05) is 0 Å². The van der Waals surface area contributed by atoms with Crippen LogP contribution in [0.25, 0.3) is 43.7 Å². The molecule has 1 N–H and O–H groups in total. The first-order chi connectivity index (χ1) is 24.4. The van der Waals surface area contributed by atoms with Crippen LogP contribution in [0.3, 0.4) is 0 Å². The fourth-order valence-electron chi connectivity index (χ4n) is 7.11. The molecule has 0 spiro atoms. The van der Waals surface area contributed by atoms with Crippen LogP contribution in [-0.4, -0.2) is 20.9 Å². The number of allylic oxidation sites excluding steroid dienone is 2. The van der Waals surface area contributed by atoms with Gasteiger partial charge in [-0.15, -0.1) is 29.3 Å². The smallest absolute Gasteiger partial charge is 0.164 e. The third kappa shape index (κ3) is 8.93. The number of ketones is 1. The summed E-state index contributed by atoms with van der Waals surface area (Å²) in [4.78, 5) is 24.4. The minimum Gasteiger partial charge on any atom is -0.512 e. The van der Waals surface area contributed by atoms with Crippen molar-refractivity contribution >= 4 is 50.0 Å². The molecule has 53 heavy (non-hydrogen) atoms. The zero-order chi connectivity index (χ0) is 38.2. The van der Waals surface area contributed by atoms with Gasteiger partial charge < -0.3 is 5.11 Å². The third-order valence-electron chi connectivity index (χ3n) is 11.3. The van der Waals surface area contributed by atoms with Crippen LogP contribution in [0.5, 0.6) is 0 Å². The molecular formula is C47H59IrN2O2S-. The van der Waals surface area contributed by atoms with Gasteiger partial charge in [0.2, 0.25) is 0 Å². The number of carbonyl (C=O) groups excluding carboxylic acids is 1. The molecule has 6 heteroatoms. The second kappa shape index (κ2) is 16.4. The van der Waals surface area contributed by atoms with Gasteiger partial charge in [0.05, 0.1) is 5.52 Å². The maximum absolute atomic E-state index is 12.2. The predicted molar refractivity (Wildman–Crippen MR) is 222 cm³/mol. The maximum atomic E-state index is 12.2. The molecule has 0 amide bonds. The Morgan fingerprint density at radius 2 is 1.38 bits per heavy atom. The van der Waals surface area contributed by atoms with Crippen LogP contribution in [0.4, 0.5) is 0 Å². The second-order valence-electron chi connectivity index (χ2n) is 17.7. The van der Waals surface area contributed by atoms with E-state index in [1.54, 1.807) is 6.33 Å². The fourth-order valence-corrected chi connectivity index (χ4v) is 8.36. The van der Waals surface area contributed by atoms with Crippen LogP contribution in [0.1, 0.15) is 120 Å². The van der Waals surface area contributed by atoms with E-state index < -0.39 is 0 Å². The van der Waals surface area contributed by atoms with Gasteiger partial charge in [-0.2, -0.15) is 0 Å². The van der Waals surface area contributed by atoms with E-state index in [0.717, 1.165) is 60.7 Å². The normalized spacial score (nSPS) is 13.4. The van der Waals surface area contributed by atoms with Gasteiger partial charge in [-0.3, -0.25) is 9.78 Å². The van der Waals surface area contributed by atoms with Crippen molar-refractivity contribution in [2.24, 2.45) is 21.7 Å². The van der Waals surface area contributed by atoms with Gasteiger partial charge >= 0.3 is 0 Å². The van der Waals surface area contributed by atoms with Crippen molar-refractivity contribution in [3.05, 3.63) is 83.9 Å². The Bertz CT molecular complexity index is 2150. The predicted octanol–water partition coefficient (Wildman–Crippen LogP) is 13.7. The van der Waals surface area contributed by atoms with Crippen LogP contribution < -0.4 is 0 Å². The molecule has 4 nitrogen and oxygen atoms in total. The SMILES string of the molecule is CC(C)(C)Cc1c2c([c-]c3ccccc13)-c1ncnc3c1c(cc1c(CC(C)(C)C)cccc13)S2.CCC(C)(CC)C(=O)/C=C(\O)C(C)(CC)CC.[Ir]. The first-order valence-electron chi connectivity index (χ1n) is 19.2. The Balaban J connectivity index is 0.000000299. The van der Waals surface area contributed by atoms with Crippen molar-refractivity contribution in [1.29, 1.82) is 0 Å². The van der Waals surface area contributed by atoms with Gasteiger partial charge in [0.15, 0.2) is 5.78 Å². The summed E-state index contributed by atoms with van der Waals surface area (Å²) >= 11 is 1.89. The number of rotatable bonds is 9. The summed E-state index contributed by atoms with van der Waals surface area (Å²) in [6.07, 6.45) is 8.53. The summed E-state index contributed by atoms with van der Waals surface area (Å²) in [5, 5.41) is 16.3. The number of nitrogens with zero attached hydrogens (tertiary/aromatic N) is 2. The van der Waals surface area contributed by atoms with E-state index in [-0.39, 0.29) is 53.3 Å². The summed E-state index contributed by atoms with van der Waals surface area (Å²) in [6, 6.07) is 21.5. The van der Waals surface area contributed by atoms with Crippen LogP contribution in [0.15, 0.2) is 76.5 Å².